The molecule has 0 aromatic heterocycles. The molecule has 1 atom stereocenters. The number of imide groups is 1. The molecule has 2 aromatic rings. The lowest BCUT2D eigenvalue weighted by Crippen LogP contribution is -2.41. The molecule has 0 fully saturated rings. The van der Waals surface area contributed by atoms with Crippen molar-refractivity contribution in [2.24, 2.45) is 0 Å². The number of ether oxygens (including phenoxy) is 3. The van der Waals surface area contributed by atoms with Gasteiger partial charge in [0.2, 0.25) is 6.10 Å². The summed E-state index contributed by atoms with van der Waals surface area (Å²) in [6.45, 7) is 0.845. The summed E-state index contributed by atoms with van der Waals surface area (Å²) in [7, 11) is 1.36. The average molecular weight is 426 g/mol. The molecule has 0 saturated carbocycles. The normalized spacial score (nSPS) is 12.9. The summed E-state index contributed by atoms with van der Waals surface area (Å²) in [6, 6.07) is 12.4. The fourth-order valence-electron chi connectivity index (χ4n) is 2.91. The van der Waals surface area contributed by atoms with Crippen molar-refractivity contribution in [1.82, 2.24) is 10.6 Å². The Bertz CT molecular complexity index is 975. The molecule has 0 bridgehead atoms. The van der Waals surface area contributed by atoms with E-state index < -0.39 is 24.0 Å². The number of fused-ring (bicyclic) bond motifs is 1. The highest BCUT2D eigenvalue weighted by Crippen LogP contribution is 2.31. The molecule has 0 spiro atoms. The highest BCUT2D eigenvalue weighted by atomic mass is 16.6. The van der Waals surface area contributed by atoms with Gasteiger partial charge in [0.25, 0.3) is 5.91 Å². The molecule has 9 nitrogen and oxygen atoms in total. The number of esters is 1. The second kappa shape index (κ2) is 10.2. The van der Waals surface area contributed by atoms with E-state index in [9.17, 15) is 19.2 Å². The summed E-state index contributed by atoms with van der Waals surface area (Å²) in [5.74, 6) is -0.770. The van der Waals surface area contributed by atoms with Gasteiger partial charge in [0, 0.05) is 24.6 Å². The van der Waals surface area contributed by atoms with Crippen molar-refractivity contribution in [3.8, 4) is 11.5 Å². The number of ketones is 1. The lowest BCUT2D eigenvalue weighted by molar-refractivity contribution is -0.156. The van der Waals surface area contributed by atoms with Crippen LogP contribution in [0.1, 0.15) is 34.9 Å². The number of rotatable bonds is 7. The third kappa shape index (κ3) is 5.81. The van der Waals surface area contributed by atoms with E-state index in [1.165, 1.54) is 7.05 Å². The van der Waals surface area contributed by atoms with Gasteiger partial charge in [-0.05, 0) is 18.2 Å². The van der Waals surface area contributed by atoms with Gasteiger partial charge in [-0.1, -0.05) is 30.3 Å². The van der Waals surface area contributed by atoms with Crippen molar-refractivity contribution in [2.75, 3.05) is 20.3 Å². The standard InChI is InChI=1S/C22H22N2O7/c1-23-22(28)24-21(27)20(14-5-3-2-4-6-14)31-19(26)10-8-16(25)15-7-9-17-18(13-15)30-12-11-29-17/h2-7,9,13,20H,8,10-12H2,1H3,(H2,23,24,27,28). The van der Waals surface area contributed by atoms with Crippen LogP contribution < -0.4 is 20.1 Å². The SMILES string of the molecule is CNC(=O)NC(=O)C(OC(=O)CCC(=O)c1ccc2c(c1)OCCO2)c1ccccc1. The third-order valence-electron chi connectivity index (χ3n) is 4.47. The Morgan fingerprint density at radius 2 is 1.68 bits per heavy atom. The highest BCUT2D eigenvalue weighted by molar-refractivity contribution is 5.99. The van der Waals surface area contributed by atoms with Gasteiger partial charge in [-0.15, -0.1) is 0 Å². The van der Waals surface area contributed by atoms with Crippen molar-refractivity contribution < 1.29 is 33.4 Å². The topological polar surface area (TPSA) is 120 Å². The molecule has 1 aliphatic heterocycles. The number of carbonyl (C=O) groups is 4. The van der Waals surface area contributed by atoms with E-state index in [0.717, 1.165) is 0 Å². The van der Waals surface area contributed by atoms with Gasteiger partial charge in [0.05, 0.1) is 6.42 Å². The van der Waals surface area contributed by atoms with Crippen LogP contribution in [0.5, 0.6) is 11.5 Å². The molecule has 3 amide bonds. The van der Waals surface area contributed by atoms with E-state index >= 15 is 0 Å². The highest BCUT2D eigenvalue weighted by Gasteiger charge is 2.26. The third-order valence-corrected chi connectivity index (χ3v) is 4.47. The van der Waals surface area contributed by atoms with Crippen molar-refractivity contribution in [3.63, 3.8) is 0 Å². The molecule has 1 aliphatic rings. The zero-order chi connectivity index (χ0) is 22.2. The summed E-state index contributed by atoms with van der Waals surface area (Å²) in [5, 5.41) is 4.35. The van der Waals surface area contributed by atoms with E-state index in [0.29, 0.717) is 35.8 Å². The lowest BCUT2D eigenvalue weighted by atomic mass is 10.1. The largest absolute Gasteiger partial charge is 0.486 e. The number of carbonyl (C=O) groups excluding carboxylic acids is 4. The smallest absolute Gasteiger partial charge is 0.321 e. The predicted molar refractivity (Wildman–Crippen MR) is 109 cm³/mol. The zero-order valence-corrected chi connectivity index (χ0v) is 16.9. The molecule has 0 aliphatic carbocycles. The summed E-state index contributed by atoms with van der Waals surface area (Å²) < 4.78 is 16.2. The Hall–Kier alpha value is -3.88. The number of hydrogen-bond donors (Lipinski definition) is 2. The molecular formula is C22H22N2O7. The molecule has 9 heteroatoms. The van der Waals surface area contributed by atoms with Crippen LogP contribution >= 0.6 is 0 Å². The number of urea groups is 1. The van der Waals surface area contributed by atoms with E-state index in [-0.39, 0.29) is 18.6 Å². The van der Waals surface area contributed by atoms with Crippen LogP contribution in [0.4, 0.5) is 4.79 Å². The van der Waals surface area contributed by atoms with Gasteiger partial charge in [0.1, 0.15) is 13.2 Å². The van der Waals surface area contributed by atoms with Crippen LogP contribution in [0.15, 0.2) is 48.5 Å². The zero-order valence-electron chi connectivity index (χ0n) is 16.9. The quantitative estimate of drug-likeness (QED) is 0.514. The van der Waals surface area contributed by atoms with Gasteiger partial charge in [-0.25, -0.2) is 4.79 Å². The Morgan fingerprint density at radius 3 is 2.39 bits per heavy atom. The van der Waals surface area contributed by atoms with E-state index in [4.69, 9.17) is 14.2 Å². The maximum Gasteiger partial charge on any atom is 0.321 e. The minimum atomic E-state index is -1.32. The van der Waals surface area contributed by atoms with Crippen LogP contribution in [0, 0.1) is 0 Å². The van der Waals surface area contributed by atoms with Crippen molar-refractivity contribution in [3.05, 3.63) is 59.7 Å². The first-order chi connectivity index (χ1) is 15.0. The fraction of sp³-hybridized carbons (Fsp3) is 0.273. The Balaban J connectivity index is 1.62. The first-order valence-corrected chi connectivity index (χ1v) is 9.68. The maximum atomic E-state index is 12.5. The van der Waals surface area contributed by atoms with Crippen LogP contribution in [0.25, 0.3) is 0 Å². The van der Waals surface area contributed by atoms with Crippen LogP contribution in [0.3, 0.4) is 0 Å². The van der Waals surface area contributed by atoms with Crippen LogP contribution in [-0.4, -0.2) is 44.0 Å². The molecular weight excluding hydrogens is 404 g/mol. The predicted octanol–water partition coefficient (Wildman–Crippen LogP) is 2.16. The fourth-order valence-corrected chi connectivity index (χ4v) is 2.91. The van der Waals surface area contributed by atoms with Crippen LogP contribution in [0.2, 0.25) is 0 Å². The Labute approximate surface area is 178 Å². The molecule has 0 saturated heterocycles. The first kappa shape index (κ1) is 21.8. The summed E-state index contributed by atoms with van der Waals surface area (Å²) in [4.78, 5) is 48.7. The molecule has 2 N–H and O–H groups in total. The minimum absolute atomic E-state index is 0.114. The molecule has 1 heterocycles. The van der Waals surface area contributed by atoms with E-state index in [1.807, 2.05) is 0 Å². The average Bonchev–Trinajstić information content (AvgIpc) is 2.81. The summed E-state index contributed by atoms with van der Waals surface area (Å²) >= 11 is 0. The van der Waals surface area contributed by atoms with Gasteiger partial charge in [0.15, 0.2) is 17.3 Å². The molecule has 31 heavy (non-hydrogen) atoms. The first-order valence-electron chi connectivity index (χ1n) is 9.68. The van der Waals surface area contributed by atoms with Gasteiger partial charge in [-0.2, -0.15) is 0 Å². The van der Waals surface area contributed by atoms with Gasteiger partial charge >= 0.3 is 12.0 Å². The summed E-state index contributed by atoms with van der Waals surface area (Å²) in [5.41, 5.74) is 0.782. The number of benzene rings is 2. The Kier molecular flexibility index (Phi) is 7.21. The number of hydrogen-bond acceptors (Lipinski definition) is 7. The Morgan fingerprint density at radius 1 is 0.968 bits per heavy atom. The lowest BCUT2D eigenvalue weighted by Gasteiger charge is -2.19. The second-order valence-electron chi connectivity index (χ2n) is 6.63. The monoisotopic (exact) mass is 426 g/mol. The number of nitrogens with one attached hydrogen (secondary N) is 2. The van der Waals surface area contributed by atoms with E-state index in [1.54, 1.807) is 48.5 Å². The van der Waals surface area contributed by atoms with Gasteiger partial charge in [-0.3, -0.25) is 19.7 Å². The number of amides is 3. The van der Waals surface area contributed by atoms with Gasteiger partial charge < -0.3 is 19.5 Å². The molecule has 2 aromatic carbocycles. The molecule has 162 valence electrons. The van der Waals surface area contributed by atoms with Crippen molar-refractivity contribution in [1.29, 1.82) is 0 Å². The van der Waals surface area contributed by atoms with Crippen molar-refractivity contribution in [2.45, 2.75) is 18.9 Å². The number of Topliss-reactive ketones (excluding diaryl/α,β-unsaturated/α-hetero) is 1. The molecule has 1 unspecified atom stereocenters. The van der Waals surface area contributed by atoms with Crippen LogP contribution in [-0.2, 0) is 14.3 Å². The van der Waals surface area contributed by atoms with E-state index in [2.05, 4.69) is 10.6 Å². The maximum absolute atomic E-state index is 12.5. The van der Waals surface area contributed by atoms with Crippen molar-refractivity contribution >= 4 is 23.7 Å². The molecule has 3 rings (SSSR count). The molecule has 0 radical (unpaired) electrons. The second-order valence-corrected chi connectivity index (χ2v) is 6.63. The minimum Gasteiger partial charge on any atom is -0.486 e. The summed E-state index contributed by atoms with van der Waals surface area (Å²) in [6.07, 6.45) is -1.67.